The highest BCUT2D eigenvalue weighted by atomic mass is 16.3. The van der Waals surface area contributed by atoms with E-state index in [0.717, 1.165) is 31.4 Å². The fraction of sp³-hybridized carbons (Fsp3) is 0.562. The molecular weight excluding hydrogens is 238 g/mol. The fourth-order valence-electron chi connectivity index (χ4n) is 2.68. The van der Waals surface area contributed by atoms with Crippen molar-refractivity contribution in [2.45, 2.75) is 38.7 Å². The molecule has 1 fully saturated rings. The molecule has 0 bridgehead atoms. The third-order valence-electron chi connectivity index (χ3n) is 4.08. The summed E-state index contributed by atoms with van der Waals surface area (Å²) in [5.74, 6) is 0.841. The van der Waals surface area contributed by atoms with Gasteiger partial charge in [-0.3, -0.25) is 4.79 Å². The first-order valence-corrected chi connectivity index (χ1v) is 7.21. The largest absolute Gasteiger partial charge is 0.387 e. The molecule has 0 aromatic heterocycles. The van der Waals surface area contributed by atoms with Crippen LogP contribution in [0.25, 0.3) is 0 Å². The Labute approximate surface area is 115 Å². The van der Waals surface area contributed by atoms with Crippen LogP contribution in [0.1, 0.15) is 44.3 Å². The van der Waals surface area contributed by atoms with Crippen molar-refractivity contribution in [2.75, 3.05) is 13.1 Å². The molecule has 2 atom stereocenters. The van der Waals surface area contributed by atoms with Gasteiger partial charge < -0.3 is 10.0 Å². The average Bonchev–Trinajstić information content (AvgIpc) is 2.62. The van der Waals surface area contributed by atoms with E-state index in [1.54, 1.807) is 0 Å². The Morgan fingerprint density at radius 2 is 2.05 bits per heavy atom. The summed E-state index contributed by atoms with van der Waals surface area (Å²) < 4.78 is 0. The van der Waals surface area contributed by atoms with Crippen LogP contribution >= 0.6 is 0 Å². The second-order valence-electron chi connectivity index (χ2n) is 5.37. The van der Waals surface area contributed by atoms with Gasteiger partial charge in [-0.15, -0.1) is 0 Å². The minimum atomic E-state index is -0.580. The number of carbonyl (C=O) groups is 1. The Balaban J connectivity index is 1.96. The van der Waals surface area contributed by atoms with Crippen molar-refractivity contribution >= 4 is 5.91 Å². The molecule has 0 radical (unpaired) electrons. The molecule has 2 rings (SSSR count). The number of hydrogen-bond acceptors (Lipinski definition) is 2. The van der Waals surface area contributed by atoms with E-state index in [-0.39, 0.29) is 5.91 Å². The van der Waals surface area contributed by atoms with Crippen LogP contribution in [0.5, 0.6) is 0 Å². The normalized spacial score (nSPS) is 22.1. The van der Waals surface area contributed by atoms with E-state index in [4.69, 9.17) is 0 Å². The van der Waals surface area contributed by atoms with Gasteiger partial charge in [0.2, 0.25) is 5.91 Å². The molecule has 1 aromatic rings. The molecule has 1 N–H and O–H groups in total. The van der Waals surface area contributed by atoms with Gasteiger partial charge in [0, 0.05) is 13.0 Å². The Bertz CT molecular complexity index is 404. The zero-order valence-corrected chi connectivity index (χ0v) is 11.6. The summed E-state index contributed by atoms with van der Waals surface area (Å²) in [6.07, 6.45) is 3.24. The third-order valence-corrected chi connectivity index (χ3v) is 4.08. The highest BCUT2D eigenvalue weighted by molar-refractivity contribution is 5.76. The maximum Gasteiger partial charge on any atom is 0.222 e. The van der Waals surface area contributed by atoms with Crippen LogP contribution in [-0.2, 0) is 4.79 Å². The summed E-state index contributed by atoms with van der Waals surface area (Å²) in [6, 6.07) is 9.56. The van der Waals surface area contributed by atoms with Gasteiger partial charge in [0.25, 0.3) is 0 Å². The van der Waals surface area contributed by atoms with E-state index in [2.05, 4.69) is 6.92 Å². The van der Waals surface area contributed by atoms with Gasteiger partial charge in [-0.25, -0.2) is 0 Å². The van der Waals surface area contributed by atoms with Gasteiger partial charge in [0.05, 0.1) is 12.6 Å². The minimum absolute atomic E-state index is 0.186. The van der Waals surface area contributed by atoms with Crippen molar-refractivity contribution < 1.29 is 9.90 Å². The molecule has 104 valence electrons. The van der Waals surface area contributed by atoms with Crippen molar-refractivity contribution in [1.29, 1.82) is 0 Å². The smallest absolute Gasteiger partial charge is 0.222 e. The highest BCUT2D eigenvalue weighted by Crippen LogP contribution is 2.23. The number of benzene rings is 1. The number of carbonyl (C=O) groups excluding carboxylic acids is 1. The fourth-order valence-corrected chi connectivity index (χ4v) is 2.68. The quantitative estimate of drug-likeness (QED) is 0.905. The van der Waals surface area contributed by atoms with Crippen LogP contribution < -0.4 is 0 Å². The van der Waals surface area contributed by atoms with E-state index < -0.39 is 6.10 Å². The standard InChI is InChI=1S/C16H23NO2/c1-2-13-8-9-16(19)17(11-10-13)12-15(18)14-6-4-3-5-7-14/h3-7,13,15,18H,2,8-12H2,1H3. The predicted molar refractivity (Wildman–Crippen MR) is 75.6 cm³/mol. The van der Waals surface area contributed by atoms with Crippen molar-refractivity contribution in [1.82, 2.24) is 4.90 Å². The van der Waals surface area contributed by atoms with E-state index in [9.17, 15) is 9.90 Å². The van der Waals surface area contributed by atoms with Crippen LogP contribution in [0, 0.1) is 5.92 Å². The lowest BCUT2D eigenvalue weighted by atomic mass is 9.98. The number of likely N-dealkylation sites (tertiary alicyclic amines) is 1. The summed E-state index contributed by atoms with van der Waals surface area (Å²) in [4.78, 5) is 13.9. The summed E-state index contributed by atoms with van der Waals surface area (Å²) in [7, 11) is 0. The first-order valence-electron chi connectivity index (χ1n) is 7.21. The SMILES string of the molecule is CCC1CCC(=O)N(CC(O)c2ccccc2)CC1. The van der Waals surface area contributed by atoms with Crippen LogP contribution in [0.15, 0.2) is 30.3 Å². The van der Waals surface area contributed by atoms with Gasteiger partial charge >= 0.3 is 0 Å². The molecule has 0 aliphatic carbocycles. The third kappa shape index (κ3) is 3.80. The van der Waals surface area contributed by atoms with Crippen LogP contribution in [0.3, 0.4) is 0 Å². The number of hydrogen-bond donors (Lipinski definition) is 1. The molecule has 1 saturated heterocycles. The van der Waals surface area contributed by atoms with Crippen molar-refractivity contribution in [3.63, 3.8) is 0 Å². The topological polar surface area (TPSA) is 40.5 Å². The van der Waals surface area contributed by atoms with Gasteiger partial charge in [-0.2, -0.15) is 0 Å². The van der Waals surface area contributed by atoms with Gasteiger partial charge in [-0.05, 0) is 24.3 Å². The zero-order valence-electron chi connectivity index (χ0n) is 11.6. The Kier molecular flexibility index (Phi) is 4.97. The molecule has 19 heavy (non-hydrogen) atoms. The predicted octanol–water partition coefficient (Wildman–Crippen LogP) is 2.76. The van der Waals surface area contributed by atoms with Gasteiger partial charge in [-0.1, -0.05) is 43.7 Å². The van der Waals surface area contributed by atoms with Crippen LogP contribution in [0.2, 0.25) is 0 Å². The molecule has 0 saturated carbocycles. The van der Waals surface area contributed by atoms with Crippen molar-refractivity contribution in [2.24, 2.45) is 5.92 Å². The maximum absolute atomic E-state index is 12.1. The minimum Gasteiger partial charge on any atom is -0.387 e. The lowest BCUT2D eigenvalue weighted by molar-refractivity contribution is -0.132. The lowest BCUT2D eigenvalue weighted by Crippen LogP contribution is -2.34. The second-order valence-corrected chi connectivity index (χ2v) is 5.37. The van der Waals surface area contributed by atoms with Crippen LogP contribution in [0.4, 0.5) is 0 Å². The Morgan fingerprint density at radius 1 is 1.32 bits per heavy atom. The molecule has 1 aliphatic rings. The molecule has 1 aliphatic heterocycles. The molecule has 2 unspecified atom stereocenters. The Morgan fingerprint density at radius 3 is 2.74 bits per heavy atom. The summed E-state index contributed by atoms with van der Waals surface area (Å²) in [5, 5.41) is 10.2. The van der Waals surface area contributed by atoms with E-state index >= 15 is 0 Å². The van der Waals surface area contributed by atoms with Crippen molar-refractivity contribution in [3.8, 4) is 0 Å². The first-order chi connectivity index (χ1) is 9.20. The monoisotopic (exact) mass is 261 g/mol. The number of aliphatic hydroxyl groups is 1. The maximum atomic E-state index is 12.1. The number of rotatable bonds is 4. The number of aliphatic hydroxyl groups excluding tert-OH is 1. The highest BCUT2D eigenvalue weighted by Gasteiger charge is 2.23. The van der Waals surface area contributed by atoms with Crippen molar-refractivity contribution in [3.05, 3.63) is 35.9 Å². The molecule has 1 heterocycles. The van der Waals surface area contributed by atoms with E-state index in [1.807, 2.05) is 35.2 Å². The van der Waals surface area contributed by atoms with E-state index in [1.165, 1.54) is 0 Å². The molecule has 3 nitrogen and oxygen atoms in total. The number of nitrogens with zero attached hydrogens (tertiary/aromatic N) is 1. The second kappa shape index (κ2) is 6.71. The number of amides is 1. The average molecular weight is 261 g/mol. The van der Waals surface area contributed by atoms with Gasteiger partial charge in [0.1, 0.15) is 0 Å². The Hall–Kier alpha value is -1.35. The molecule has 0 spiro atoms. The molecule has 1 aromatic carbocycles. The molecule has 3 heteroatoms. The molecular formula is C16H23NO2. The van der Waals surface area contributed by atoms with E-state index in [0.29, 0.717) is 18.9 Å². The lowest BCUT2D eigenvalue weighted by Gasteiger charge is -2.24. The zero-order chi connectivity index (χ0) is 13.7. The number of β-amino-alcohol motifs (C(OH)–C–C–N with tert-alkyl or cyclic N) is 1. The first kappa shape index (κ1) is 14.1. The van der Waals surface area contributed by atoms with Crippen LogP contribution in [-0.4, -0.2) is 29.0 Å². The summed E-state index contributed by atoms with van der Waals surface area (Å²) in [6.45, 7) is 3.38. The summed E-state index contributed by atoms with van der Waals surface area (Å²) >= 11 is 0. The summed E-state index contributed by atoms with van der Waals surface area (Å²) in [5.41, 5.74) is 0.881. The molecule has 1 amide bonds. The van der Waals surface area contributed by atoms with Gasteiger partial charge in [0.15, 0.2) is 0 Å².